The molecule has 0 heterocycles. The maximum Gasteiger partial charge on any atom is 0.305 e. The second-order valence-electron chi connectivity index (χ2n) is 8.98. The van der Waals surface area contributed by atoms with Crippen LogP contribution in [0.15, 0.2) is 0 Å². The molecule has 1 saturated carbocycles. The zero-order valence-corrected chi connectivity index (χ0v) is 15.7. The van der Waals surface area contributed by atoms with Crippen LogP contribution in [-0.2, 0) is 14.4 Å². The van der Waals surface area contributed by atoms with Crippen molar-refractivity contribution in [2.45, 2.75) is 78.8 Å². The number of nitrogens with two attached hydrogens (primary N) is 1. The Morgan fingerprint density at radius 2 is 1.62 bits per heavy atom. The van der Waals surface area contributed by atoms with Crippen molar-refractivity contribution < 1.29 is 19.5 Å². The monoisotopic (exact) mass is 340 g/mol. The zero-order valence-electron chi connectivity index (χ0n) is 15.7. The SMILES string of the molecule is CC(C)(NC(=O)[C@@H](N)CC(=O)O)C(=O)CC1C(C)(C)CCC1(C)C. The summed E-state index contributed by atoms with van der Waals surface area (Å²) in [6, 6.07) is -1.16. The molecule has 6 heteroatoms. The van der Waals surface area contributed by atoms with Gasteiger partial charge in [-0.05, 0) is 43.4 Å². The average Bonchev–Trinajstić information content (AvgIpc) is 2.60. The van der Waals surface area contributed by atoms with Crippen LogP contribution in [0.4, 0.5) is 0 Å². The number of ketones is 1. The number of amides is 1. The summed E-state index contributed by atoms with van der Waals surface area (Å²) in [4.78, 5) is 35.5. The van der Waals surface area contributed by atoms with Gasteiger partial charge in [0.1, 0.15) is 0 Å². The second-order valence-corrected chi connectivity index (χ2v) is 8.98. The number of nitrogens with one attached hydrogen (secondary N) is 1. The molecule has 1 rings (SSSR count). The van der Waals surface area contributed by atoms with E-state index in [1.807, 2.05) is 0 Å². The Kier molecular flexibility index (Phi) is 5.86. The first kappa shape index (κ1) is 20.6. The molecule has 1 aliphatic carbocycles. The number of carbonyl (C=O) groups excluding carboxylic acids is 2. The van der Waals surface area contributed by atoms with E-state index >= 15 is 0 Å². The molecule has 6 nitrogen and oxygen atoms in total. The van der Waals surface area contributed by atoms with Crippen molar-refractivity contribution in [2.75, 3.05) is 0 Å². The van der Waals surface area contributed by atoms with Crippen molar-refractivity contribution >= 4 is 17.7 Å². The fraction of sp³-hybridized carbons (Fsp3) is 0.833. The van der Waals surface area contributed by atoms with Gasteiger partial charge < -0.3 is 16.2 Å². The van der Waals surface area contributed by atoms with Crippen LogP contribution in [0.25, 0.3) is 0 Å². The van der Waals surface area contributed by atoms with Crippen LogP contribution in [-0.4, -0.2) is 34.3 Å². The van der Waals surface area contributed by atoms with Gasteiger partial charge in [-0.1, -0.05) is 27.7 Å². The smallest absolute Gasteiger partial charge is 0.305 e. The van der Waals surface area contributed by atoms with Crippen LogP contribution < -0.4 is 11.1 Å². The maximum atomic E-state index is 12.8. The van der Waals surface area contributed by atoms with Crippen LogP contribution >= 0.6 is 0 Å². The quantitative estimate of drug-likeness (QED) is 0.657. The third-order valence-corrected chi connectivity index (χ3v) is 5.55. The third-order valence-electron chi connectivity index (χ3n) is 5.55. The van der Waals surface area contributed by atoms with E-state index in [9.17, 15) is 14.4 Å². The van der Waals surface area contributed by atoms with Gasteiger partial charge in [0.25, 0.3) is 0 Å². The van der Waals surface area contributed by atoms with E-state index in [0.29, 0.717) is 6.42 Å². The molecule has 0 bridgehead atoms. The van der Waals surface area contributed by atoms with Gasteiger partial charge in [0.2, 0.25) is 5.91 Å². The minimum absolute atomic E-state index is 0.0496. The van der Waals surface area contributed by atoms with Gasteiger partial charge in [-0.2, -0.15) is 0 Å². The van der Waals surface area contributed by atoms with E-state index in [0.717, 1.165) is 12.8 Å². The average molecular weight is 340 g/mol. The highest BCUT2D eigenvalue weighted by atomic mass is 16.4. The molecular formula is C18H32N2O4. The van der Waals surface area contributed by atoms with E-state index < -0.39 is 29.9 Å². The highest BCUT2D eigenvalue weighted by molar-refractivity contribution is 5.94. The van der Waals surface area contributed by atoms with Crippen molar-refractivity contribution in [3.05, 3.63) is 0 Å². The molecule has 0 aromatic heterocycles. The molecule has 24 heavy (non-hydrogen) atoms. The molecule has 0 aromatic rings. The van der Waals surface area contributed by atoms with Crippen LogP contribution in [0.2, 0.25) is 0 Å². The standard InChI is InChI=1S/C18H32N2O4/c1-16(2)7-8-17(3,4)12(16)10-13(21)18(5,6)20-15(24)11(19)9-14(22)23/h11-12H,7-10,19H2,1-6H3,(H,20,24)(H,22,23)/t11-/m0/s1. The molecule has 0 spiro atoms. The predicted molar refractivity (Wildman–Crippen MR) is 92.4 cm³/mol. The maximum absolute atomic E-state index is 12.8. The van der Waals surface area contributed by atoms with E-state index in [1.54, 1.807) is 13.8 Å². The van der Waals surface area contributed by atoms with E-state index in [1.165, 1.54) is 0 Å². The highest BCUT2D eigenvalue weighted by Gasteiger charge is 2.48. The second kappa shape index (κ2) is 6.82. The molecular weight excluding hydrogens is 308 g/mol. The van der Waals surface area contributed by atoms with E-state index in [4.69, 9.17) is 10.8 Å². The van der Waals surface area contributed by atoms with Crippen LogP contribution in [0.5, 0.6) is 0 Å². The number of rotatable bonds is 7. The summed E-state index contributed by atoms with van der Waals surface area (Å²) < 4.78 is 0. The van der Waals surface area contributed by atoms with E-state index in [2.05, 4.69) is 33.0 Å². The molecule has 0 unspecified atom stereocenters. The Morgan fingerprint density at radius 3 is 2.04 bits per heavy atom. The Labute approximate surface area is 144 Å². The summed E-state index contributed by atoms with van der Waals surface area (Å²) in [6.45, 7) is 12.1. The Bertz CT molecular complexity index is 507. The molecule has 1 amide bonds. The number of Topliss-reactive ketones (excluding diaryl/α,β-unsaturated/α-hetero) is 1. The van der Waals surface area contributed by atoms with Crippen molar-refractivity contribution in [1.82, 2.24) is 5.32 Å². The van der Waals surface area contributed by atoms with Crippen LogP contribution in [0.3, 0.4) is 0 Å². The van der Waals surface area contributed by atoms with E-state index in [-0.39, 0.29) is 22.5 Å². The third kappa shape index (κ3) is 4.79. The Balaban J connectivity index is 2.78. The lowest BCUT2D eigenvalue weighted by molar-refractivity contribution is -0.140. The largest absolute Gasteiger partial charge is 0.481 e. The van der Waals surface area contributed by atoms with Gasteiger partial charge >= 0.3 is 5.97 Å². The molecule has 138 valence electrons. The first-order valence-electron chi connectivity index (χ1n) is 8.52. The van der Waals surface area contributed by atoms with Gasteiger partial charge in [0.05, 0.1) is 18.0 Å². The van der Waals surface area contributed by atoms with Crippen LogP contribution in [0.1, 0.15) is 67.2 Å². The Hall–Kier alpha value is -1.43. The minimum atomic E-state index is -1.16. The van der Waals surface area contributed by atoms with Crippen molar-refractivity contribution in [3.63, 3.8) is 0 Å². The summed E-state index contributed by atoms with van der Waals surface area (Å²) in [5, 5.41) is 11.3. The molecule has 0 aliphatic heterocycles. The zero-order chi connectivity index (χ0) is 18.9. The summed E-state index contributed by atoms with van der Waals surface area (Å²) in [5.74, 6) is -1.57. The number of carboxylic acids is 1. The molecule has 0 saturated heterocycles. The fourth-order valence-corrected chi connectivity index (χ4v) is 3.79. The lowest BCUT2D eigenvalue weighted by Gasteiger charge is -2.37. The molecule has 0 aromatic carbocycles. The van der Waals surface area contributed by atoms with Gasteiger partial charge in [-0.3, -0.25) is 14.4 Å². The molecule has 0 radical (unpaired) electrons. The normalized spacial score (nSPS) is 21.3. The first-order chi connectivity index (χ1) is 10.7. The lowest BCUT2D eigenvalue weighted by atomic mass is 9.68. The van der Waals surface area contributed by atoms with Crippen molar-refractivity contribution in [1.29, 1.82) is 0 Å². The molecule has 4 N–H and O–H groups in total. The van der Waals surface area contributed by atoms with Gasteiger partial charge in [0, 0.05) is 6.42 Å². The number of carboxylic acid groups (broad SMARTS) is 1. The number of hydrogen-bond acceptors (Lipinski definition) is 4. The summed E-state index contributed by atoms with van der Waals surface area (Å²) in [5.41, 5.74) is 4.67. The number of carbonyl (C=O) groups is 3. The molecule has 1 aliphatic rings. The topological polar surface area (TPSA) is 109 Å². The van der Waals surface area contributed by atoms with Crippen molar-refractivity contribution in [2.24, 2.45) is 22.5 Å². The van der Waals surface area contributed by atoms with Gasteiger partial charge in [-0.25, -0.2) is 0 Å². The summed E-state index contributed by atoms with van der Waals surface area (Å²) in [6.07, 6.45) is 2.09. The molecule has 1 atom stereocenters. The Morgan fingerprint density at radius 1 is 1.17 bits per heavy atom. The highest BCUT2D eigenvalue weighted by Crippen LogP contribution is 2.55. The van der Waals surface area contributed by atoms with Gasteiger partial charge in [-0.15, -0.1) is 0 Å². The minimum Gasteiger partial charge on any atom is -0.481 e. The predicted octanol–water partition coefficient (Wildman–Crippen LogP) is 2.10. The summed E-state index contributed by atoms with van der Waals surface area (Å²) >= 11 is 0. The molecule has 1 fully saturated rings. The fourth-order valence-electron chi connectivity index (χ4n) is 3.79. The van der Waals surface area contributed by atoms with Crippen molar-refractivity contribution in [3.8, 4) is 0 Å². The van der Waals surface area contributed by atoms with Crippen LogP contribution in [0, 0.1) is 16.7 Å². The van der Waals surface area contributed by atoms with Gasteiger partial charge in [0.15, 0.2) is 5.78 Å². The first-order valence-corrected chi connectivity index (χ1v) is 8.52. The number of hydrogen-bond donors (Lipinski definition) is 3. The summed E-state index contributed by atoms with van der Waals surface area (Å²) in [7, 11) is 0. The lowest BCUT2D eigenvalue weighted by Crippen LogP contribution is -2.55. The number of aliphatic carboxylic acids is 1.